The van der Waals surface area contributed by atoms with E-state index in [1.54, 1.807) is 0 Å². The first kappa shape index (κ1) is 15.1. The molecule has 3 N–H and O–H groups in total. The first-order valence-electron chi connectivity index (χ1n) is 7.77. The second-order valence-electron chi connectivity index (χ2n) is 5.45. The van der Waals surface area contributed by atoms with Crippen LogP contribution in [-0.2, 0) is 11.3 Å². The smallest absolute Gasteiger partial charge is 0.240 e. The van der Waals surface area contributed by atoms with Gasteiger partial charge in [0.15, 0.2) is 0 Å². The summed E-state index contributed by atoms with van der Waals surface area (Å²) < 4.78 is 1.92. The number of nitrogen functional groups attached to an aromatic ring is 1. The van der Waals surface area contributed by atoms with E-state index in [0.717, 1.165) is 28.8 Å². The lowest BCUT2D eigenvalue weighted by Crippen LogP contribution is -2.28. The predicted octanol–water partition coefficient (Wildman–Crippen LogP) is 2.81. The van der Waals surface area contributed by atoms with E-state index in [-0.39, 0.29) is 12.5 Å². The van der Waals surface area contributed by atoms with E-state index in [1.165, 1.54) is 0 Å². The first-order valence-corrected chi connectivity index (χ1v) is 7.77. The lowest BCUT2D eigenvalue weighted by atomic mass is 10.2. The standard InChI is InChI=1S/C18H20N4O/c1-2-11-20-16(23)12-22-15-10-6-9-14(19)17(15)21-18(22)13-7-4-3-5-8-13/h3-10H,2,11-12,19H2,1H3,(H,20,23). The molecule has 0 saturated carbocycles. The van der Waals surface area contributed by atoms with Gasteiger partial charge in [-0.25, -0.2) is 4.98 Å². The van der Waals surface area contributed by atoms with Gasteiger partial charge in [-0.2, -0.15) is 0 Å². The quantitative estimate of drug-likeness (QED) is 0.712. The molecular weight excluding hydrogens is 288 g/mol. The van der Waals surface area contributed by atoms with E-state index in [9.17, 15) is 4.79 Å². The number of hydrogen-bond acceptors (Lipinski definition) is 3. The summed E-state index contributed by atoms with van der Waals surface area (Å²) in [5.74, 6) is 0.732. The van der Waals surface area contributed by atoms with Crippen LogP contribution in [0.15, 0.2) is 48.5 Å². The van der Waals surface area contributed by atoms with E-state index < -0.39 is 0 Å². The van der Waals surface area contributed by atoms with E-state index in [0.29, 0.717) is 12.2 Å². The van der Waals surface area contributed by atoms with Crippen molar-refractivity contribution in [3.8, 4) is 11.4 Å². The van der Waals surface area contributed by atoms with Crippen molar-refractivity contribution in [2.24, 2.45) is 0 Å². The molecule has 2 aromatic carbocycles. The van der Waals surface area contributed by atoms with Gasteiger partial charge in [0.05, 0.1) is 11.2 Å². The van der Waals surface area contributed by atoms with Crippen LogP contribution in [0.4, 0.5) is 5.69 Å². The van der Waals surface area contributed by atoms with Crippen molar-refractivity contribution in [1.29, 1.82) is 0 Å². The van der Waals surface area contributed by atoms with Gasteiger partial charge in [0.25, 0.3) is 0 Å². The highest BCUT2D eigenvalue weighted by molar-refractivity contribution is 5.91. The minimum Gasteiger partial charge on any atom is -0.397 e. The fourth-order valence-corrected chi connectivity index (χ4v) is 2.60. The van der Waals surface area contributed by atoms with Crippen LogP contribution in [0.1, 0.15) is 13.3 Å². The molecule has 5 heteroatoms. The van der Waals surface area contributed by atoms with E-state index in [1.807, 2.05) is 60.0 Å². The molecule has 3 rings (SSSR count). The van der Waals surface area contributed by atoms with Crippen LogP contribution in [0.5, 0.6) is 0 Å². The van der Waals surface area contributed by atoms with Gasteiger partial charge in [-0.3, -0.25) is 4.79 Å². The second kappa shape index (κ2) is 6.52. The molecule has 3 aromatic rings. The Labute approximate surface area is 135 Å². The normalized spacial score (nSPS) is 10.8. The zero-order valence-electron chi connectivity index (χ0n) is 13.1. The van der Waals surface area contributed by atoms with Crippen LogP contribution in [0, 0.1) is 0 Å². The molecule has 0 radical (unpaired) electrons. The summed E-state index contributed by atoms with van der Waals surface area (Å²) in [6.45, 7) is 2.93. The summed E-state index contributed by atoms with van der Waals surface area (Å²) in [5.41, 5.74) is 9.24. The molecular formula is C18H20N4O. The fourth-order valence-electron chi connectivity index (χ4n) is 2.60. The van der Waals surface area contributed by atoms with Crippen LogP contribution in [0.2, 0.25) is 0 Å². The molecule has 0 aliphatic rings. The van der Waals surface area contributed by atoms with E-state index >= 15 is 0 Å². The number of carbonyl (C=O) groups excluding carboxylic acids is 1. The van der Waals surface area contributed by atoms with Gasteiger partial charge in [-0.15, -0.1) is 0 Å². The number of amides is 1. The molecule has 1 aromatic heterocycles. The Morgan fingerprint density at radius 3 is 2.70 bits per heavy atom. The Morgan fingerprint density at radius 1 is 1.17 bits per heavy atom. The van der Waals surface area contributed by atoms with Crippen molar-refractivity contribution >= 4 is 22.6 Å². The van der Waals surface area contributed by atoms with Crippen molar-refractivity contribution in [3.63, 3.8) is 0 Å². The van der Waals surface area contributed by atoms with E-state index in [4.69, 9.17) is 5.73 Å². The Bertz CT molecular complexity index is 824. The molecule has 5 nitrogen and oxygen atoms in total. The maximum Gasteiger partial charge on any atom is 0.240 e. The summed E-state index contributed by atoms with van der Waals surface area (Å²) >= 11 is 0. The number of para-hydroxylation sites is 1. The highest BCUT2D eigenvalue weighted by atomic mass is 16.1. The Hall–Kier alpha value is -2.82. The van der Waals surface area contributed by atoms with Crippen LogP contribution in [0.3, 0.4) is 0 Å². The number of nitrogens with one attached hydrogen (secondary N) is 1. The zero-order chi connectivity index (χ0) is 16.2. The predicted molar refractivity (Wildman–Crippen MR) is 92.9 cm³/mol. The van der Waals surface area contributed by atoms with Gasteiger partial charge in [-0.1, -0.05) is 43.3 Å². The summed E-state index contributed by atoms with van der Waals surface area (Å²) in [5, 5.41) is 2.91. The number of benzene rings is 2. The number of anilines is 1. The number of fused-ring (bicyclic) bond motifs is 1. The van der Waals surface area contributed by atoms with Crippen molar-refractivity contribution < 1.29 is 4.79 Å². The average Bonchev–Trinajstić information content (AvgIpc) is 2.94. The highest BCUT2D eigenvalue weighted by Crippen LogP contribution is 2.27. The third-order valence-electron chi connectivity index (χ3n) is 3.72. The summed E-state index contributed by atoms with van der Waals surface area (Å²) in [4.78, 5) is 16.9. The van der Waals surface area contributed by atoms with Gasteiger partial charge >= 0.3 is 0 Å². The van der Waals surface area contributed by atoms with Crippen molar-refractivity contribution in [2.45, 2.75) is 19.9 Å². The molecule has 0 spiro atoms. The molecule has 0 saturated heterocycles. The molecule has 0 atom stereocenters. The largest absolute Gasteiger partial charge is 0.397 e. The maximum absolute atomic E-state index is 12.2. The minimum atomic E-state index is -0.0224. The third kappa shape index (κ3) is 3.04. The molecule has 0 aliphatic heterocycles. The van der Waals surface area contributed by atoms with Crippen LogP contribution in [0.25, 0.3) is 22.4 Å². The van der Waals surface area contributed by atoms with Gasteiger partial charge in [-0.05, 0) is 18.6 Å². The molecule has 0 fully saturated rings. The maximum atomic E-state index is 12.2. The molecule has 0 aliphatic carbocycles. The van der Waals surface area contributed by atoms with Gasteiger partial charge < -0.3 is 15.6 Å². The number of hydrogen-bond donors (Lipinski definition) is 2. The molecule has 0 bridgehead atoms. The van der Waals surface area contributed by atoms with Gasteiger partial charge in [0, 0.05) is 12.1 Å². The number of aromatic nitrogens is 2. The van der Waals surface area contributed by atoms with Crippen molar-refractivity contribution in [2.75, 3.05) is 12.3 Å². The lowest BCUT2D eigenvalue weighted by Gasteiger charge is -2.09. The molecule has 1 heterocycles. The minimum absolute atomic E-state index is 0.0224. The summed E-state index contributed by atoms with van der Waals surface area (Å²) in [6.07, 6.45) is 0.912. The Kier molecular flexibility index (Phi) is 4.28. The van der Waals surface area contributed by atoms with Crippen molar-refractivity contribution in [1.82, 2.24) is 14.9 Å². The molecule has 0 unspecified atom stereocenters. The van der Waals surface area contributed by atoms with Crippen LogP contribution in [-0.4, -0.2) is 22.0 Å². The Morgan fingerprint density at radius 2 is 1.96 bits per heavy atom. The highest BCUT2D eigenvalue weighted by Gasteiger charge is 2.16. The number of nitrogens with two attached hydrogens (primary N) is 1. The average molecular weight is 308 g/mol. The molecule has 1 amide bonds. The van der Waals surface area contributed by atoms with Crippen LogP contribution >= 0.6 is 0 Å². The number of imidazole rings is 1. The Balaban J connectivity index is 2.09. The number of carbonyl (C=O) groups is 1. The topological polar surface area (TPSA) is 72.9 Å². The fraction of sp³-hybridized carbons (Fsp3) is 0.222. The zero-order valence-corrected chi connectivity index (χ0v) is 13.1. The lowest BCUT2D eigenvalue weighted by molar-refractivity contribution is -0.121. The monoisotopic (exact) mass is 308 g/mol. The second-order valence-corrected chi connectivity index (χ2v) is 5.45. The SMILES string of the molecule is CCCNC(=O)Cn1c(-c2ccccc2)nc2c(N)cccc21. The number of nitrogens with zero attached hydrogens (tertiary/aromatic N) is 2. The number of rotatable bonds is 5. The first-order chi connectivity index (χ1) is 11.2. The van der Waals surface area contributed by atoms with Gasteiger partial charge in [0.1, 0.15) is 17.9 Å². The molecule has 118 valence electrons. The third-order valence-corrected chi connectivity index (χ3v) is 3.72. The molecule has 23 heavy (non-hydrogen) atoms. The van der Waals surface area contributed by atoms with Crippen LogP contribution < -0.4 is 11.1 Å². The summed E-state index contributed by atoms with van der Waals surface area (Å²) in [7, 11) is 0. The van der Waals surface area contributed by atoms with Crippen molar-refractivity contribution in [3.05, 3.63) is 48.5 Å². The van der Waals surface area contributed by atoms with E-state index in [2.05, 4.69) is 10.3 Å². The summed E-state index contributed by atoms with van der Waals surface area (Å²) in [6, 6.07) is 15.5. The van der Waals surface area contributed by atoms with Gasteiger partial charge in [0.2, 0.25) is 5.91 Å².